The summed E-state index contributed by atoms with van der Waals surface area (Å²) in [4.78, 5) is 21.1. The van der Waals surface area contributed by atoms with Crippen LogP contribution in [0.5, 0.6) is 0 Å². The lowest BCUT2D eigenvalue weighted by Crippen LogP contribution is -2.11. The Bertz CT molecular complexity index is 1290. The number of ether oxygens (including phenoxy) is 2. The van der Waals surface area contributed by atoms with Crippen molar-refractivity contribution in [2.45, 2.75) is 25.9 Å². The molecule has 5 nitrogen and oxygen atoms in total. The van der Waals surface area contributed by atoms with Crippen LogP contribution in [0.3, 0.4) is 0 Å². The Labute approximate surface area is 191 Å². The number of H-pyrrole nitrogens is 1. The van der Waals surface area contributed by atoms with Crippen molar-refractivity contribution in [2.75, 3.05) is 20.3 Å². The molecule has 5 rings (SSSR count). The van der Waals surface area contributed by atoms with Gasteiger partial charge in [0.1, 0.15) is 5.69 Å². The Morgan fingerprint density at radius 1 is 1.06 bits per heavy atom. The molecule has 0 bridgehead atoms. The van der Waals surface area contributed by atoms with E-state index in [-0.39, 0.29) is 11.7 Å². The lowest BCUT2D eigenvalue weighted by molar-refractivity contribution is 0.0614. The van der Waals surface area contributed by atoms with E-state index in [2.05, 4.69) is 22.1 Å². The molecule has 1 aliphatic carbocycles. The van der Waals surface area contributed by atoms with Crippen molar-refractivity contribution >= 4 is 39.2 Å². The molecule has 32 heavy (non-hydrogen) atoms. The third-order valence-electron chi connectivity index (χ3n) is 6.05. The molecule has 1 fully saturated rings. The maximum Gasteiger partial charge on any atom is 0.184 e. The van der Waals surface area contributed by atoms with E-state index in [1.165, 1.54) is 0 Å². The number of aromatic amines is 1. The van der Waals surface area contributed by atoms with E-state index in [9.17, 15) is 4.79 Å². The molecule has 0 saturated heterocycles. The van der Waals surface area contributed by atoms with Gasteiger partial charge in [0.15, 0.2) is 5.78 Å². The fourth-order valence-corrected chi connectivity index (χ4v) is 4.48. The van der Waals surface area contributed by atoms with E-state index in [4.69, 9.17) is 21.1 Å². The molecule has 2 heterocycles. The summed E-state index contributed by atoms with van der Waals surface area (Å²) in [5.74, 6) is 0.209. The van der Waals surface area contributed by atoms with Crippen molar-refractivity contribution in [1.82, 2.24) is 9.97 Å². The van der Waals surface area contributed by atoms with E-state index in [0.29, 0.717) is 31.9 Å². The van der Waals surface area contributed by atoms with E-state index >= 15 is 0 Å². The monoisotopic (exact) mass is 448 g/mol. The molecule has 2 aromatic heterocycles. The minimum Gasteiger partial charge on any atom is -0.382 e. The summed E-state index contributed by atoms with van der Waals surface area (Å²) in [5, 5.41) is 2.86. The van der Waals surface area contributed by atoms with Crippen LogP contribution < -0.4 is 0 Å². The van der Waals surface area contributed by atoms with Crippen molar-refractivity contribution in [3.8, 4) is 0 Å². The summed E-state index contributed by atoms with van der Waals surface area (Å²) >= 11 is 6.46. The normalized spacial score (nSPS) is 13.8. The molecule has 164 valence electrons. The van der Waals surface area contributed by atoms with Gasteiger partial charge in [-0.15, -0.1) is 0 Å². The van der Waals surface area contributed by atoms with Crippen LogP contribution in [0.25, 0.3) is 21.8 Å². The number of aromatic nitrogens is 2. The number of hydrogen-bond acceptors (Lipinski definition) is 4. The molecule has 1 N–H and O–H groups in total. The molecular weight excluding hydrogens is 424 g/mol. The number of carbonyl (C=O) groups is 1. The quantitative estimate of drug-likeness (QED) is 0.263. The van der Waals surface area contributed by atoms with Gasteiger partial charge in [-0.3, -0.25) is 9.78 Å². The molecule has 0 radical (unpaired) electrons. The van der Waals surface area contributed by atoms with Gasteiger partial charge in [-0.2, -0.15) is 0 Å². The first kappa shape index (κ1) is 21.1. The van der Waals surface area contributed by atoms with Crippen LogP contribution in [0.4, 0.5) is 0 Å². The summed E-state index contributed by atoms with van der Waals surface area (Å²) in [6.45, 7) is 1.27. The van der Waals surface area contributed by atoms with Gasteiger partial charge in [0, 0.05) is 39.9 Å². The number of Topliss-reactive ketones (excluding diaryl/α,β-unsaturated/α-hetero) is 1. The molecule has 0 aliphatic heterocycles. The predicted molar refractivity (Wildman–Crippen MR) is 126 cm³/mol. The van der Waals surface area contributed by atoms with Crippen molar-refractivity contribution < 1.29 is 14.3 Å². The standard InChI is InChI=1S/C26H25ClN2O3/c1-31-11-12-32-15-19-24-22(14-28-25(19)26(30)16-9-10-16)29-21-8-4-6-18(23(21)24)13-17-5-2-3-7-20(17)27/h2-8,14,16,29H,9-13,15H2,1H3. The molecule has 0 unspecified atom stereocenters. The molecule has 0 spiro atoms. The molecule has 0 amide bonds. The summed E-state index contributed by atoms with van der Waals surface area (Å²) in [6, 6.07) is 14.1. The summed E-state index contributed by atoms with van der Waals surface area (Å²) in [6.07, 6.45) is 4.35. The number of pyridine rings is 1. The number of ketones is 1. The van der Waals surface area contributed by atoms with Crippen LogP contribution in [0.2, 0.25) is 5.02 Å². The van der Waals surface area contributed by atoms with Crippen LogP contribution in [0.15, 0.2) is 48.7 Å². The Morgan fingerprint density at radius 2 is 1.88 bits per heavy atom. The zero-order valence-electron chi connectivity index (χ0n) is 18.0. The van der Waals surface area contributed by atoms with Crippen LogP contribution in [0.1, 0.15) is 40.0 Å². The highest BCUT2D eigenvalue weighted by atomic mass is 35.5. The summed E-state index contributed by atoms with van der Waals surface area (Å²) in [7, 11) is 1.65. The Morgan fingerprint density at radius 3 is 2.66 bits per heavy atom. The van der Waals surface area contributed by atoms with Gasteiger partial charge < -0.3 is 14.5 Å². The van der Waals surface area contributed by atoms with Crippen molar-refractivity contribution in [3.63, 3.8) is 0 Å². The highest BCUT2D eigenvalue weighted by Gasteiger charge is 2.33. The minimum atomic E-state index is 0.0884. The fourth-order valence-electron chi connectivity index (χ4n) is 4.28. The summed E-state index contributed by atoms with van der Waals surface area (Å²) < 4.78 is 11.0. The number of nitrogens with zero attached hydrogens (tertiary/aromatic N) is 1. The molecule has 1 saturated carbocycles. The Hall–Kier alpha value is -2.73. The Balaban J connectivity index is 1.67. The van der Waals surface area contributed by atoms with Crippen molar-refractivity contribution in [3.05, 3.63) is 76.1 Å². The van der Waals surface area contributed by atoms with Crippen LogP contribution >= 0.6 is 11.6 Å². The first-order valence-corrected chi connectivity index (χ1v) is 11.3. The third-order valence-corrected chi connectivity index (χ3v) is 6.42. The minimum absolute atomic E-state index is 0.0884. The maximum absolute atomic E-state index is 13.1. The van der Waals surface area contributed by atoms with Gasteiger partial charge in [0.25, 0.3) is 0 Å². The number of nitrogens with one attached hydrogen (secondary N) is 1. The second-order valence-electron chi connectivity index (χ2n) is 8.29. The first-order valence-electron chi connectivity index (χ1n) is 10.9. The van der Waals surface area contributed by atoms with E-state index in [1.807, 2.05) is 30.3 Å². The topological polar surface area (TPSA) is 64.2 Å². The van der Waals surface area contributed by atoms with E-state index in [1.54, 1.807) is 13.3 Å². The zero-order valence-corrected chi connectivity index (χ0v) is 18.7. The molecule has 6 heteroatoms. The number of carbonyl (C=O) groups excluding carboxylic acids is 1. The van der Waals surface area contributed by atoms with Crippen LogP contribution in [0, 0.1) is 5.92 Å². The van der Waals surface area contributed by atoms with Crippen LogP contribution in [-0.4, -0.2) is 36.1 Å². The second-order valence-corrected chi connectivity index (χ2v) is 8.70. The fraction of sp³-hybridized carbons (Fsp3) is 0.308. The smallest absolute Gasteiger partial charge is 0.184 e. The number of rotatable bonds is 9. The maximum atomic E-state index is 13.1. The lowest BCUT2D eigenvalue weighted by atomic mass is 9.96. The number of halogens is 1. The molecule has 0 atom stereocenters. The highest BCUT2D eigenvalue weighted by Crippen LogP contribution is 2.37. The van der Waals surface area contributed by atoms with E-state index in [0.717, 1.165) is 56.4 Å². The SMILES string of the molecule is COCCOCc1c(C(=O)C2CC2)ncc2[nH]c3cccc(Cc4ccccc4Cl)c3c12. The van der Waals surface area contributed by atoms with Crippen molar-refractivity contribution in [1.29, 1.82) is 0 Å². The van der Waals surface area contributed by atoms with Gasteiger partial charge in [-0.05, 0) is 42.5 Å². The van der Waals surface area contributed by atoms with Gasteiger partial charge in [0.05, 0.1) is 31.5 Å². The zero-order chi connectivity index (χ0) is 22.1. The van der Waals surface area contributed by atoms with Gasteiger partial charge in [0.2, 0.25) is 0 Å². The average molecular weight is 449 g/mol. The first-order chi connectivity index (χ1) is 15.7. The number of methoxy groups -OCH3 is 1. The molecular formula is C26H25ClN2O3. The molecule has 2 aromatic carbocycles. The Kier molecular flexibility index (Phi) is 5.96. The van der Waals surface area contributed by atoms with Gasteiger partial charge in [-0.1, -0.05) is 41.9 Å². The van der Waals surface area contributed by atoms with Crippen molar-refractivity contribution in [2.24, 2.45) is 5.92 Å². The van der Waals surface area contributed by atoms with Crippen LogP contribution in [-0.2, 0) is 22.5 Å². The molecule has 4 aromatic rings. The number of fused-ring (bicyclic) bond motifs is 3. The second kappa shape index (κ2) is 9.02. The van der Waals surface area contributed by atoms with E-state index < -0.39 is 0 Å². The predicted octanol–water partition coefficient (Wildman–Crippen LogP) is 5.72. The summed E-state index contributed by atoms with van der Waals surface area (Å²) in [5.41, 5.74) is 5.53. The average Bonchev–Trinajstić information content (AvgIpc) is 3.58. The molecule has 1 aliphatic rings. The largest absolute Gasteiger partial charge is 0.382 e. The number of benzene rings is 2. The van der Waals surface area contributed by atoms with Gasteiger partial charge >= 0.3 is 0 Å². The lowest BCUT2D eigenvalue weighted by Gasteiger charge is -2.12. The number of hydrogen-bond donors (Lipinski definition) is 1. The third kappa shape index (κ3) is 4.04. The van der Waals surface area contributed by atoms with Gasteiger partial charge in [-0.25, -0.2) is 0 Å². The highest BCUT2D eigenvalue weighted by molar-refractivity contribution is 6.31.